The Hall–Kier alpha value is -2.90. The summed E-state index contributed by atoms with van der Waals surface area (Å²) in [7, 11) is 0. The van der Waals surface area contributed by atoms with Gasteiger partial charge in [-0.3, -0.25) is 19.6 Å². The minimum atomic E-state index is -0.0369. The number of carbonyl (C=O) groups excluding carboxylic acids is 1. The van der Waals surface area contributed by atoms with Crippen molar-refractivity contribution in [1.29, 1.82) is 0 Å². The minimum absolute atomic E-state index is 0.0369. The Morgan fingerprint density at radius 2 is 2.11 bits per heavy atom. The molecule has 1 aromatic carbocycles. The highest BCUT2D eigenvalue weighted by atomic mass is 16.5. The molecule has 0 bridgehead atoms. The second kappa shape index (κ2) is 11.4. The Morgan fingerprint density at radius 1 is 1.22 bits per heavy atom. The molecular formula is C29H39N5O2. The lowest BCUT2D eigenvalue weighted by Gasteiger charge is -2.37. The number of likely N-dealkylation sites (N-methyl/N-ethyl adjacent to an activating group) is 1. The summed E-state index contributed by atoms with van der Waals surface area (Å²) in [6, 6.07) is 12.8. The summed E-state index contributed by atoms with van der Waals surface area (Å²) in [5, 5.41) is 4.56. The lowest BCUT2D eigenvalue weighted by atomic mass is 9.88. The molecule has 5 rings (SSSR count). The zero-order valence-electron chi connectivity index (χ0n) is 21.6. The van der Waals surface area contributed by atoms with Gasteiger partial charge in [0.25, 0.3) is 0 Å². The van der Waals surface area contributed by atoms with Gasteiger partial charge in [0.1, 0.15) is 5.75 Å². The first-order valence-corrected chi connectivity index (χ1v) is 13.4. The summed E-state index contributed by atoms with van der Waals surface area (Å²) in [5.41, 5.74) is 3.41. The maximum Gasteiger partial charge on any atom is 0.224 e. The minimum Gasteiger partial charge on any atom is -0.492 e. The number of nitrogens with one attached hydrogen (secondary N) is 2. The largest absolute Gasteiger partial charge is 0.492 e. The number of pyridine rings is 1. The molecule has 2 aromatic heterocycles. The SMILES string of the molecule is CCN1CCCC1CNC(=O)[C@@H]1C[C@H](COc2ccc(C)nc2)CN(Cc2c[nH]c3ccccc23)C1. The molecule has 3 aromatic rings. The molecule has 7 heteroatoms. The van der Waals surface area contributed by atoms with E-state index in [4.69, 9.17) is 4.74 Å². The van der Waals surface area contributed by atoms with Crippen LogP contribution < -0.4 is 10.1 Å². The number of para-hydroxylation sites is 1. The quantitative estimate of drug-likeness (QED) is 0.476. The number of aryl methyl sites for hydroxylation is 1. The number of nitrogens with zero attached hydrogens (tertiary/aromatic N) is 3. The molecule has 0 radical (unpaired) electrons. The van der Waals surface area contributed by atoms with E-state index >= 15 is 0 Å². The predicted molar refractivity (Wildman–Crippen MR) is 143 cm³/mol. The summed E-state index contributed by atoms with van der Waals surface area (Å²) in [4.78, 5) is 26.0. The second-order valence-corrected chi connectivity index (χ2v) is 10.5. The monoisotopic (exact) mass is 489 g/mol. The van der Waals surface area contributed by atoms with Crippen LogP contribution in [0.1, 0.15) is 37.4 Å². The Bertz CT molecular complexity index is 1140. The van der Waals surface area contributed by atoms with E-state index in [1.165, 1.54) is 23.8 Å². The van der Waals surface area contributed by atoms with Crippen LogP contribution in [0.4, 0.5) is 0 Å². The van der Waals surface area contributed by atoms with E-state index in [9.17, 15) is 4.79 Å². The van der Waals surface area contributed by atoms with Crippen LogP contribution in [0.15, 0.2) is 48.8 Å². The lowest BCUT2D eigenvalue weighted by Crippen LogP contribution is -2.49. The highest BCUT2D eigenvalue weighted by molar-refractivity contribution is 5.83. The third-order valence-corrected chi connectivity index (χ3v) is 7.84. The smallest absolute Gasteiger partial charge is 0.224 e. The number of rotatable bonds is 9. The molecule has 0 aliphatic carbocycles. The van der Waals surface area contributed by atoms with Crippen molar-refractivity contribution in [3.63, 3.8) is 0 Å². The summed E-state index contributed by atoms with van der Waals surface area (Å²) in [6.45, 7) is 10.2. The number of piperidine rings is 1. The molecule has 36 heavy (non-hydrogen) atoms. The maximum atomic E-state index is 13.4. The topological polar surface area (TPSA) is 73.5 Å². The van der Waals surface area contributed by atoms with Crippen molar-refractivity contribution in [3.05, 3.63) is 60.0 Å². The Labute approximate surface area is 214 Å². The van der Waals surface area contributed by atoms with E-state index in [0.717, 1.165) is 62.6 Å². The highest BCUT2D eigenvalue weighted by Crippen LogP contribution is 2.27. The van der Waals surface area contributed by atoms with E-state index in [-0.39, 0.29) is 17.7 Å². The molecule has 2 saturated heterocycles. The fourth-order valence-corrected chi connectivity index (χ4v) is 5.90. The number of aromatic nitrogens is 2. The third kappa shape index (κ3) is 5.90. The van der Waals surface area contributed by atoms with E-state index in [2.05, 4.69) is 62.5 Å². The predicted octanol–water partition coefficient (Wildman–Crippen LogP) is 3.99. The van der Waals surface area contributed by atoms with Crippen molar-refractivity contribution < 1.29 is 9.53 Å². The molecule has 7 nitrogen and oxygen atoms in total. The average Bonchev–Trinajstić information content (AvgIpc) is 3.53. The van der Waals surface area contributed by atoms with Crippen LogP contribution >= 0.6 is 0 Å². The molecule has 0 saturated carbocycles. The highest BCUT2D eigenvalue weighted by Gasteiger charge is 2.33. The Balaban J connectivity index is 1.25. The first-order chi connectivity index (χ1) is 17.6. The number of fused-ring (bicyclic) bond motifs is 1. The van der Waals surface area contributed by atoms with Gasteiger partial charge in [-0.25, -0.2) is 0 Å². The van der Waals surface area contributed by atoms with Crippen LogP contribution in [-0.4, -0.2) is 71.0 Å². The van der Waals surface area contributed by atoms with Gasteiger partial charge in [0.05, 0.1) is 18.7 Å². The lowest BCUT2D eigenvalue weighted by molar-refractivity contribution is -0.128. The summed E-state index contributed by atoms with van der Waals surface area (Å²) in [5.74, 6) is 1.21. The molecule has 1 amide bonds. The van der Waals surface area contributed by atoms with Crippen molar-refractivity contribution in [2.75, 3.05) is 39.3 Å². The van der Waals surface area contributed by atoms with Crippen LogP contribution in [0, 0.1) is 18.8 Å². The van der Waals surface area contributed by atoms with Crippen LogP contribution in [-0.2, 0) is 11.3 Å². The van der Waals surface area contributed by atoms with Crippen molar-refractivity contribution in [1.82, 2.24) is 25.1 Å². The van der Waals surface area contributed by atoms with Crippen molar-refractivity contribution in [2.24, 2.45) is 11.8 Å². The molecule has 3 atom stereocenters. The number of H-pyrrole nitrogens is 1. The first-order valence-electron chi connectivity index (χ1n) is 13.4. The average molecular weight is 490 g/mol. The molecule has 192 valence electrons. The van der Waals surface area contributed by atoms with Gasteiger partial charge in [-0.2, -0.15) is 0 Å². The standard InChI is InChI=1S/C29H39N5O2/c1-3-34-12-6-7-25(34)15-32-29(35)23-13-22(20-36-26-11-10-21(2)30-16-26)17-33(18-23)19-24-14-31-28-9-5-4-8-27(24)28/h4-5,8-11,14,16,22-23,25,31H,3,6-7,12-13,15,17-20H2,1-2H3,(H,32,35)/t22-,23+,25?/m0/s1. The number of likely N-dealkylation sites (tertiary alicyclic amines) is 2. The fraction of sp³-hybridized carbons (Fsp3) is 0.517. The fourth-order valence-electron chi connectivity index (χ4n) is 5.90. The number of amides is 1. The number of hydrogen-bond donors (Lipinski definition) is 2. The zero-order valence-corrected chi connectivity index (χ0v) is 21.6. The molecule has 0 spiro atoms. The van der Waals surface area contributed by atoms with Gasteiger partial charge in [-0.1, -0.05) is 25.1 Å². The van der Waals surface area contributed by atoms with E-state index < -0.39 is 0 Å². The van der Waals surface area contributed by atoms with Gasteiger partial charge in [0.2, 0.25) is 5.91 Å². The second-order valence-electron chi connectivity index (χ2n) is 10.5. The first kappa shape index (κ1) is 24.8. The molecule has 4 heterocycles. The zero-order chi connectivity index (χ0) is 24.9. The van der Waals surface area contributed by atoms with Crippen LogP contribution in [0.25, 0.3) is 10.9 Å². The summed E-state index contributed by atoms with van der Waals surface area (Å²) in [6.07, 6.45) is 7.14. The summed E-state index contributed by atoms with van der Waals surface area (Å²) < 4.78 is 6.12. The number of hydrogen-bond acceptors (Lipinski definition) is 5. The third-order valence-electron chi connectivity index (χ3n) is 7.84. The molecule has 1 unspecified atom stereocenters. The molecular weight excluding hydrogens is 450 g/mol. The van der Waals surface area contributed by atoms with Gasteiger partial charge in [0.15, 0.2) is 0 Å². The van der Waals surface area contributed by atoms with Crippen LogP contribution in [0.5, 0.6) is 5.75 Å². The van der Waals surface area contributed by atoms with Crippen LogP contribution in [0.3, 0.4) is 0 Å². The van der Waals surface area contributed by atoms with Crippen molar-refractivity contribution in [2.45, 2.75) is 45.7 Å². The number of ether oxygens (including phenoxy) is 1. The molecule has 2 N–H and O–H groups in total. The molecule has 2 fully saturated rings. The van der Waals surface area contributed by atoms with Crippen molar-refractivity contribution in [3.8, 4) is 5.75 Å². The van der Waals surface area contributed by atoms with E-state index in [1.807, 2.05) is 19.1 Å². The van der Waals surface area contributed by atoms with Crippen molar-refractivity contribution >= 4 is 16.8 Å². The van der Waals surface area contributed by atoms with Crippen LogP contribution in [0.2, 0.25) is 0 Å². The number of carbonyl (C=O) groups is 1. The summed E-state index contributed by atoms with van der Waals surface area (Å²) >= 11 is 0. The van der Waals surface area contributed by atoms with Gasteiger partial charge in [0, 0.05) is 60.9 Å². The van der Waals surface area contributed by atoms with Gasteiger partial charge < -0.3 is 15.0 Å². The Morgan fingerprint density at radius 3 is 2.94 bits per heavy atom. The van der Waals surface area contributed by atoms with E-state index in [0.29, 0.717) is 12.6 Å². The van der Waals surface area contributed by atoms with Gasteiger partial charge in [-0.15, -0.1) is 0 Å². The molecule has 2 aliphatic heterocycles. The normalized spacial score (nSPS) is 23.2. The molecule has 2 aliphatic rings. The van der Waals surface area contributed by atoms with E-state index in [1.54, 1.807) is 6.20 Å². The number of aromatic amines is 1. The Kier molecular flexibility index (Phi) is 7.87. The maximum absolute atomic E-state index is 13.4. The van der Waals surface area contributed by atoms with Gasteiger partial charge in [-0.05, 0) is 63.0 Å². The van der Waals surface area contributed by atoms with Gasteiger partial charge >= 0.3 is 0 Å². The number of benzene rings is 1.